The van der Waals surface area contributed by atoms with Crippen LogP contribution in [0.2, 0.25) is 0 Å². The molecule has 0 aromatic heterocycles. The molecule has 0 spiro atoms. The number of cyclic esters (lactones) is 1. The predicted octanol–water partition coefficient (Wildman–Crippen LogP) is 2.77. The summed E-state index contributed by atoms with van der Waals surface area (Å²) in [6.45, 7) is 2.30. The highest BCUT2D eigenvalue weighted by molar-refractivity contribution is 7.46. The summed E-state index contributed by atoms with van der Waals surface area (Å²) in [4.78, 5) is 31.7. The van der Waals surface area contributed by atoms with Crippen molar-refractivity contribution in [1.82, 2.24) is 0 Å². The van der Waals surface area contributed by atoms with Crippen LogP contribution >= 0.6 is 7.82 Å². The van der Waals surface area contributed by atoms with Gasteiger partial charge in [-0.25, -0.2) is 4.57 Å². The molecule has 3 aliphatic rings. The number of hydrogen-bond donors (Lipinski definition) is 2. The molecule has 10 nitrogen and oxygen atoms in total. The molecule has 33 heavy (non-hydrogen) atoms. The second-order valence-electron chi connectivity index (χ2n) is 8.46. The summed E-state index contributed by atoms with van der Waals surface area (Å²) in [5.74, 6) is 0.283. The Morgan fingerprint density at radius 3 is 2.27 bits per heavy atom. The van der Waals surface area contributed by atoms with Gasteiger partial charge in [0.05, 0.1) is 26.2 Å². The van der Waals surface area contributed by atoms with Crippen molar-refractivity contribution in [3.05, 3.63) is 41.0 Å². The molecule has 11 heteroatoms. The maximum atomic E-state index is 13.1. The van der Waals surface area contributed by atoms with E-state index in [9.17, 15) is 19.1 Å². The number of phosphoric acid groups is 1. The molecule has 2 N–H and O–H groups in total. The molecule has 0 amide bonds. The van der Waals surface area contributed by atoms with Crippen LogP contribution in [0.15, 0.2) is 24.3 Å². The molecule has 2 aromatic carbocycles. The van der Waals surface area contributed by atoms with Gasteiger partial charge >= 0.3 is 13.8 Å². The lowest BCUT2D eigenvalue weighted by molar-refractivity contribution is -0.146. The fourth-order valence-electron chi connectivity index (χ4n) is 5.13. The fraction of sp³-hybridized carbons (Fsp3) is 0.409. The van der Waals surface area contributed by atoms with E-state index in [1.807, 2.05) is 19.1 Å². The summed E-state index contributed by atoms with van der Waals surface area (Å²) < 4.78 is 43.8. The average molecular weight is 478 g/mol. The molecule has 2 aliphatic heterocycles. The van der Waals surface area contributed by atoms with Crippen molar-refractivity contribution in [2.24, 2.45) is 11.3 Å². The van der Waals surface area contributed by atoms with Crippen molar-refractivity contribution in [1.29, 1.82) is 0 Å². The lowest BCUT2D eigenvalue weighted by Gasteiger charge is -2.41. The Balaban J connectivity index is 1.73. The number of fused-ring (bicyclic) bond motifs is 3. The SMILES string of the molecule is COc1cc([C@@H]2c3cc4c(cc3C[C@@H]3COC(=O)[C@@]32C)OCO4)cc(OC)c1OP(=O)(O)O. The molecular formula is C22H23O10P. The van der Waals surface area contributed by atoms with E-state index in [0.717, 1.165) is 11.1 Å². The van der Waals surface area contributed by atoms with Crippen molar-refractivity contribution in [2.75, 3.05) is 27.6 Å². The summed E-state index contributed by atoms with van der Waals surface area (Å²) in [5.41, 5.74) is 1.65. The zero-order chi connectivity index (χ0) is 23.5. The summed E-state index contributed by atoms with van der Waals surface area (Å²) in [7, 11) is -2.18. The lowest BCUT2D eigenvalue weighted by Crippen LogP contribution is -2.41. The highest BCUT2D eigenvalue weighted by Gasteiger charge is 2.57. The highest BCUT2D eigenvalue weighted by Crippen LogP contribution is 2.59. The molecule has 0 saturated carbocycles. The van der Waals surface area contributed by atoms with Gasteiger partial charge in [-0.1, -0.05) is 0 Å². The van der Waals surface area contributed by atoms with E-state index in [1.54, 1.807) is 12.1 Å². The minimum atomic E-state index is -4.88. The van der Waals surface area contributed by atoms with E-state index in [1.165, 1.54) is 14.2 Å². The number of ether oxygens (including phenoxy) is 5. The minimum absolute atomic E-state index is 0.0621. The smallest absolute Gasteiger partial charge is 0.493 e. The first-order chi connectivity index (χ1) is 15.7. The second kappa shape index (κ2) is 7.55. The number of phosphoric ester groups is 1. The van der Waals surface area contributed by atoms with Gasteiger partial charge in [-0.3, -0.25) is 14.6 Å². The molecule has 2 heterocycles. The van der Waals surface area contributed by atoms with Crippen LogP contribution in [-0.2, 0) is 20.5 Å². The molecule has 1 saturated heterocycles. The van der Waals surface area contributed by atoms with E-state index >= 15 is 0 Å². The molecule has 3 atom stereocenters. The Labute approximate surface area is 189 Å². The number of esters is 1. The summed E-state index contributed by atoms with van der Waals surface area (Å²) in [6.07, 6.45) is 0.637. The van der Waals surface area contributed by atoms with E-state index in [2.05, 4.69) is 0 Å². The molecule has 2 aromatic rings. The topological polar surface area (TPSA) is 130 Å². The summed E-state index contributed by atoms with van der Waals surface area (Å²) >= 11 is 0. The number of rotatable bonds is 5. The van der Waals surface area contributed by atoms with E-state index < -0.39 is 19.2 Å². The molecule has 5 rings (SSSR count). The highest BCUT2D eigenvalue weighted by atomic mass is 31.2. The van der Waals surface area contributed by atoms with Crippen molar-refractivity contribution in [3.8, 4) is 28.7 Å². The van der Waals surface area contributed by atoms with Crippen LogP contribution in [0.25, 0.3) is 0 Å². The van der Waals surface area contributed by atoms with Gasteiger partial charge in [-0.2, -0.15) is 0 Å². The molecule has 0 radical (unpaired) electrons. The summed E-state index contributed by atoms with van der Waals surface area (Å²) in [6, 6.07) is 7.03. The molecule has 1 fully saturated rings. The molecular weight excluding hydrogens is 455 g/mol. The van der Waals surface area contributed by atoms with Gasteiger partial charge in [0.2, 0.25) is 12.5 Å². The fourth-order valence-corrected chi connectivity index (χ4v) is 5.55. The van der Waals surface area contributed by atoms with Crippen molar-refractivity contribution in [3.63, 3.8) is 0 Å². The third-order valence-corrected chi connectivity index (χ3v) is 7.16. The Bertz CT molecular complexity index is 1160. The monoisotopic (exact) mass is 478 g/mol. The number of carbonyl (C=O) groups is 1. The van der Waals surface area contributed by atoms with Crippen LogP contribution < -0.4 is 23.5 Å². The third-order valence-electron chi connectivity index (χ3n) is 6.74. The van der Waals surface area contributed by atoms with Crippen molar-refractivity contribution in [2.45, 2.75) is 19.3 Å². The minimum Gasteiger partial charge on any atom is -0.493 e. The van der Waals surface area contributed by atoms with Crippen LogP contribution in [0.5, 0.6) is 28.7 Å². The van der Waals surface area contributed by atoms with E-state index in [4.69, 9.17) is 28.2 Å². The lowest BCUT2D eigenvalue weighted by atomic mass is 9.58. The molecule has 176 valence electrons. The van der Waals surface area contributed by atoms with Crippen LogP contribution in [0, 0.1) is 11.3 Å². The van der Waals surface area contributed by atoms with E-state index in [0.29, 0.717) is 30.1 Å². The average Bonchev–Trinajstić information content (AvgIpc) is 3.33. The largest absolute Gasteiger partial charge is 0.525 e. The molecule has 0 unspecified atom stereocenters. The van der Waals surface area contributed by atoms with Gasteiger partial charge in [0, 0.05) is 11.8 Å². The zero-order valence-corrected chi connectivity index (χ0v) is 19.1. The first kappa shape index (κ1) is 21.9. The van der Waals surface area contributed by atoms with Crippen molar-refractivity contribution < 1.29 is 47.4 Å². The van der Waals surface area contributed by atoms with Crippen LogP contribution in [0.4, 0.5) is 0 Å². The first-order valence-corrected chi connectivity index (χ1v) is 11.8. The van der Waals surface area contributed by atoms with Crippen LogP contribution in [0.1, 0.15) is 29.5 Å². The quantitative estimate of drug-likeness (QED) is 0.489. The number of benzene rings is 2. The van der Waals surface area contributed by atoms with Gasteiger partial charge in [0.1, 0.15) is 0 Å². The number of hydrogen-bond acceptors (Lipinski definition) is 8. The van der Waals surface area contributed by atoms with Gasteiger partial charge in [-0.05, 0) is 54.3 Å². The first-order valence-electron chi connectivity index (χ1n) is 10.3. The molecule has 1 aliphatic carbocycles. The molecule has 0 bridgehead atoms. The van der Waals surface area contributed by atoms with Gasteiger partial charge < -0.3 is 28.2 Å². The van der Waals surface area contributed by atoms with Gasteiger partial charge in [-0.15, -0.1) is 0 Å². The second-order valence-corrected chi connectivity index (χ2v) is 9.62. The third kappa shape index (κ3) is 3.40. The van der Waals surface area contributed by atoms with Gasteiger partial charge in [0.15, 0.2) is 23.0 Å². The summed E-state index contributed by atoms with van der Waals surface area (Å²) in [5, 5.41) is 0. The maximum absolute atomic E-state index is 13.1. The Hall–Kier alpha value is -2.94. The van der Waals surface area contributed by atoms with Crippen LogP contribution in [-0.4, -0.2) is 43.4 Å². The zero-order valence-electron chi connectivity index (χ0n) is 18.2. The van der Waals surface area contributed by atoms with E-state index in [-0.39, 0.29) is 35.9 Å². The standard InChI is InChI=1S/C22H23O10P/c1-22-13(9-29-21(22)23)4-11-5-15-16(31-10-30-15)8-14(11)19(22)12-6-17(27-2)20(18(7-12)28-3)32-33(24,25)26/h5-8,13,19H,4,9-10H2,1-3H3,(H2,24,25,26)/t13-,19-,22+/m1/s1. The number of methoxy groups -OCH3 is 2. The van der Waals surface area contributed by atoms with Crippen LogP contribution in [0.3, 0.4) is 0 Å². The Kier molecular flexibility index (Phi) is 5.00. The Morgan fingerprint density at radius 2 is 1.67 bits per heavy atom. The van der Waals surface area contributed by atoms with Crippen molar-refractivity contribution >= 4 is 13.8 Å². The number of carbonyl (C=O) groups excluding carboxylic acids is 1. The maximum Gasteiger partial charge on any atom is 0.525 e. The van der Waals surface area contributed by atoms with Gasteiger partial charge in [0.25, 0.3) is 0 Å². The Morgan fingerprint density at radius 1 is 1.03 bits per heavy atom. The predicted molar refractivity (Wildman–Crippen MR) is 113 cm³/mol. The normalized spacial score (nSPS) is 25.2.